The highest BCUT2D eigenvalue weighted by molar-refractivity contribution is 6.08. The fourth-order valence-corrected chi connectivity index (χ4v) is 3.80. The summed E-state index contributed by atoms with van der Waals surface area (Å²) in [7, 11) is 1.69. The summed E-state index contributed by atoms with van der Waals surface area (Å²) in [6.45, 7) is 19.6. The number of benzene rings is 1. The Balaban J connectivity index is 0.000000298. The second-order valence-corrected chi connectivity index (χ2v) is 9.22. The number of carbonyl (C=O) groups is 1. The minimum Gasteiger partial charge on any atom is -0.371 e. The Bertz CT molecular complexity index is 1210. The van der Waals surface area contributed by atoms with Gasteiger partial charge < -0.3 is 4.90 Å². The molecule has 2 aromatic rings. The number of terminal acetylenes is 1. The van der Waals surface area contributed by atoms with Gasteiger partial charge in [-0.2, -0.15) is 0 Å². The van der Waals surface area contributed by atoms with Gasteiger partial charge in [0.15, 0.2) is 5.78 Å². The van der Waals surface area contributed by atoms with Crippen molar-refractivity contribution in [1.29, 1.82) is 0 Å². The predicted molar refractivity (Wildman–Crippen MR) is 159 cm³/mol. The number of ketones is 1. The van der Waals surface area contributed by atoms with Gasteiger partial charge in [0.25, 0.3) is 0 Å². The van der Waals surface area contributed by atoms with Crippen molar-refractivity contribution in [3.8, 4) is 12.3 Å². The second kappa shape index (κ2) is 16.1. The van der Waals surface area contributed by atoms with Gasteiger partial charge in [-0.05, 0) is 96.7 Å². The van der Waals surface area contributed by atoms with E-state index in [2.05, 4.69) is 57.5 Å². The number of hydrogen-bond acceptors (Lipinski definition) is 5. The Morgan fingerprint density at radius 1 is 1.19 bits per heavy atom. The first kappa shape index (κ1) is 31.3. The smallest absolute Gasteiger partial charge is 0.161 e. The van der Waals surface area contributed by atoms with Crippen molar-refractivity contribution in [2.75, 3.05) is 13.6 Å². The highest BCUT2D eigenvalue weighted by Gasteiger charge is 2.15. The lowest BCUT2D eigenvalue weighted by atomic mass is 10.1. The Morgan fingerprint density at radius 3 is 2.32 bits per heavy atom. The lowest BCUT2D eigenvalue weighted by Gasteiger charge is -2.19. The summed E-state index contributed by atoms with van der Waals surface area (Å²) in [5, 5.41) is 0. The van der Waals surface area contributed by atoms with E-state index < -0.39 is 0 Å². The molecule has 3 rings (SSSR count). The number of aromatic nitrogens is 1. The van der Waals surface area contributed by atoms with Crippen LogP contribution in [0.2, 0.25) is 0 Å². The minimum absolute atomic E-state index is 0.0787. The quantitative estimate of drug-likeness (QED) is 0.245. The largest absolute Gasteiger partial charge is 0.371 e. The molecule has 5 heteroatoms. The molecule has 1 saturated heterocycles. The lowest BCUT2D eigenvalue weighted by molar-refractivity contribution is 0.101. The molecular weight excluding hydrogens is 456 g/mol. The molecule has 0 bridgehead atoms. The number of allylic oxidation sites excluding steroid dienone is 3. The van der Waals surface area contributed by atoms with E-state index in [0.717, 1.165) is 42.1 Å². The molecule has 5 nitrogen and oxygen atoms in total. The van der Waals surface area contributed by atoms with Gasteiger partial charge in [-0.3, -0.25) is 19.8 Å². The molecule has 0 radical (unpaired) electrons. The van der Waals surface area contributed by atoms with Crippen LogP contribution < -0.4 is 0 Å². The van der Waals surface area contributed by atoms with Crippen LogP contribution in [-0.4, -0.2) is 41.2 Å². The summed E-state index contributed by atoms with van der Waals surface area (Å²) in [6.07, 6.45) is 11.2. The summed E-state index contributed by atoms with van der Waals surface area (Å²) in [4.78, 5) is 25.7. The summed E-state index contributed by atoms with van der Waals surface area (Å²) >= 11 is 0. The summed E-state index contributed by atoms with van der Waals surface area (Å²) in [5.74, 6) is 2.54. The van der Waals surface area contributed by atoms with Crippen molar-refractivity contribution < 1.29 is 4.79 Å². The van der Waals surface area contributed by atoms with E-state index >= 15 is 0 Å². The molecule has 0 spiro atoms. The maximum absolute atomic E-state index is 10.9. The van der Waals surface area contributed by atoms with E-state index in [1.54, 1.807) is 14.0 Å². The fraction of sp³-hybridized carbons (Fsp3) is 0.375. The number of hydrogen-bond donors (Lipinski definition) is 0. The van der Waals surface area contributed by atoms with Crippen LogP contribution in [0.25, 0.3) is 0 Å². The summed E-state index contributed by atoms with van der Waals surface area (Å²) < 4.78 is 0. The molecule has 0 atom stereocenters. The van der Waals surface area contributed by atoms with Gasteiger partial charge in [-0.1, -0.05) is 30.2 Å². The molecule has 37 heavy (non-hydrogen) atoms. The zero-order valence-electron chi connectivity index (χ0n) is 23.9. The number of nitrogens with zero attached hydrogens (tertiary/aromatic N) is 4. The van der Waals surface area contributed by atoms with Gasteiger partial charge >= 0.3 is 0 Å². The molecule has 0 aliphatic carbocycles. The number of pyridine rings is 1. The van der Waals surface area contributed by atoms with Crippen LogP contribution in [0.15, 0.2) is 64.2 Å². The maximum atomic E-state index is 10.9. The second-order valence-electron chi connectivity index (χ2n) is 9.22. The Morgan fingerprint density at radius 2 is 1.89 bits per heavy atom. The Labute approximate surface area is 224 Å². The van der Waals surface area contributed by atoms with Gasteiger partial charge in [-0.15, -0.1) is 6.42 Å². The van der Waals surface area contributed by atoms with Crippen LogP contribution in [0.4, 0.5) is 5.69 Å². The molecule has 0 unspecified atom stereocenters. The highest BCUT2D eigenvalue weighted by Crippen LogP contribution is 2.24. The fourth-order valence-electron chi connectivity index (χ4n) is 3.80. The van der Waals surface area contributed by atoms with Gasteiger partial charge in [0.05, 0.1) is 5.69 Å². The Hall–Kier alpha value is -3.78. The standard InChI is InChI=1S/C15H20N2.C9H11NO.C8H11N/c1-4-16-15-8-7-14(10-12(15)2)11-17-9-5-6-13(17)3;1-6-4-5-9(8(3)11)7(2)10-6;1-5-8(9-4)6-7(2)3/h4,7-8,10H,3,5-6,9,11H2,1-2H3;4-5H,1-3H3;1,6H,2-4H3. The molecule has 0 N–H and O–H groups in total. The van der Waals surface area contributed by atoms with Crippen LogP contribution in [0.5, 0.6) is 0 Å². The van der Waals surface area contributed by atoms with Crippen LogP contribution in [0.3, 0.4) is 0 Å². The number of likely N-dealkylation sites (tertiary alicyclic amines) is 1. The molecule has 196 valence electrons. The zero-order chi connectivity index (χ0) is 28.0. The first-order valence-corrected chi connectivity index (χ1v) is 12.6. The Kier molecular flexibility index (Phi) is 13.6. The van der Waals surface area contributed by atoms with Gasteiger partial charge in [0.2, 0.25) is 0 Å². The molecule has 1 aromatic carbocycles. The van der Waals surface area contributed by atoms with E-state index in [1.807, 2.05) is 59.0 Å². The first-order chi connectivity index (χ1) is 17.5. The molecule has 1 aliphatic rings. The molecular formula is C32H42N4O. The third kappa shape index (κ3) is 11.2. The molecule has 1 aromatic heterocycles. The van der Waals surface area contributed by atoms with Crippen LogP contribution in [-0.2, 0) is 6.54 Å². The molecule has 1 aliphatic heterocycles. The van der Waals surface area contributed by atoms with Crippen LogP contribution >= 0.6 is 0 Å². The number of rotatable bonds is 5. The topological polar surface area (TPSA) is 57.9 Å². The maximum Gasteiger partial charge on any atom is 0.161 e. The minimum atomic E-state index is 0.0787. The van der Waals surface area contributed by atoms with Crippen molar-refractivity contribution >= 4 is 23.4 Å². The lowest BCUT2D eigenvalue weighted by Crippen LogP contribution is -2.16. The summed E-state index contributed by atoms with van der Waals surface area (Å²) in [5.41, 5.74) is 9.30. The zero-order valence-corrected chi connectivity index (χ0v) is 23.9. The van der Waals surface area contributed by atoms with Gasteiger partial charge in [0, 0.05) is 49.0 Å². The van der Waals surface area contributed by atoms with E-state index in [4.69, 9.17) is 6.42 Å². The van der Waals surface area contributed by atoms with Gasteiger partial charge in [-0.25, -0.2) is 0 Å². The third-order valence-electron chi connectivity index (χ3n) is 5.66. The third-order valence-corrected chi connectivity index (χ3v) is 5.66. The number of carbonyl (C=O) groups excluding carboxylic acids is 1. The van der Waals surface area contributed by atoms with Crippen molar-refractivity contribution in [3.63, 3.8) is 0 Å². The number of aliphatic imine (C=N–C) groups is 2. The molecule has 2 heterocycles. The van der Waals surface area contributed by atoms with Crippen LogP contribution in [0.1, 0.15) is 73.4 Å². The average molecular weight is 499 g/mol. The van der Waals surface area contributed by atoms with Crippen molar-refractivity contribution in [2.24, 2.45) is 9.98 Å². The first-order valence-electron chi connectivity index (χ1n) is 12.6. The molecule has 0 amide bonds. The number of aryl methyl sites for hydroxylation is 3. The summed E-state index contributed by atoms with van der Waals surface area (Å²) in [6, 6.07) is 10.2. The average Bonchev–Trinajstić information content (AvgIpc) is 3.24. The highest BCUT2D eigenvalue weighted by atomic mass is 16.1. The van der Waals surface area contributed by atoms with Gasteiger partial charge in [0.1, 0.15) is 5.71 Å². The predicted octanol–water partition coefficient (Wildman–Crippen LogP) is 7.38. The normalized spacial score (nSPS) is 12.8. The number of Topliss-reactive ketones (excluding diaryl/α,β-unsaturated/α-hetero) is 1. The van der Waals surface area contributed by atoms with Crippen molar-refractivity contribution in [2.45, 2.75) is 67.9 Å². The molecule has 0 saturated carbocycles. The van der Waals surface area contributed by atoms with Crippen molar-refractivity contribution in [1.82, 2.24) is 9.88 Å². The van der Waals surface area contributed by atoms with E-state index in [-0.39, 0.29) is 5.78 Å². The van der Waals surface area contributed by atoms with E-state index in [9.17, 15) is 4.79 Å². The monoisotopic (exact) mass is 498 g/mol. The van der Waals surface area contributed by atoms with Crippen LogP contribution in [0, 0.1) is 33.1 Å². The van der Waals surface area contributed by atoms with Crippen molar-refractivity contribution in [3.05, 3.63) is 82.3 Å². The van der Waals surface area contributed by atoms with E-state index in [1.165, 1.54) is 28.8 Å². The molecule has 1 fully saturated rings. The SMILES string of the molecule is C#CC(C=C(C)C)=NC.C=C1CCCN1Cc1ccc(N=CC)c(C)c1.CC(=O)c1ccc(C)nc1C. The van der Waals surface area contributed by atoms with E-state index in [0.29, 0.717) is 5.71 Å².